The van der Waals surface area contributed by atoms with E-state index in [9.17, 15) is 9.59 Å². The van der Waals surface area contributed by atoms with E-state index < -0.39 is 6.09 Å². The number of anilines is 1. The van der Waals surface area contributed by atoms with Crippen LogP contribution >= 0.6 is 0 Å². The lowest BCUT2D eigenvalue weighted by Crippen LogP contribution is -2.32. The first-order valence-electron chi connectivity index (χ1n) is 6.97. The van der Waals surface area contributed by atoms with Crippen molar-refractivity contribution >= 4 is 18.2 Å². The van der Waals surface area contributed by atoms with E-state index in [-0.39, 0.29) is 6.04 Å². The lowest BCUT2D eigenvalue weighted by Gasteiger charge is -2.09. The SMILES string of the molecule is CC(C)NC(=O)Oc1cccc(NC=O)c1.c1cc2cc-2c1. The summed E-state index contributed by atoms with van der Waals surface area (Å²) in [6, 6.07) is 15.1. The van der Waals surface area contributed by atoms with Crippen LogP contribution in [0.3, 0.4) is 0 Å². The van der Waals surface area contributed by atoms with Crippen LogP contribution < -0.4 is 15.4 Å². The van der Waals surface area contributed by atoms with Gasteiger partial charge in [0.05, 0.1) is 0 Å². The number of amides is 2. The minimum atomic E-state index is -0.516. The van der Waals surface area contributed by atoms with Crippen LogP contribution in [0.1, 0.15) is 13.8 Å². The van der Waals surface area contributed by atoms with Crippen LogP contribution in [0, 0.1) is 0 Å². The number of hydrogen-bond acceptors (Lipinski definition) is 3. The maximum Gasteiger partial charge on any atom is 0.412 e. The van der Waals surface area contributed by atoms with E-state index in [4.69, 9.17) is 4.74 Å². The molecule has 2 aliphatic carbocycles. The monoisotopic (exact) mass is 298 g/mol. The third kappa shape index (κ3) is 4.94. The Kier molecular flexibility index (Phi) is 5.14. The molecular formula is C17H18N2O3. The van der Waals surface area contributed by atoms with Gasteiger partial charge in [0.2, 0.25) is 6.41 Å². The van der Waals surface area contributed by atoms with E-state index >= 15 is 0 Å². The van der Waals surface area contributed by atoms with E-state index in [1.54, 1.807) is 24.3 Å². The Labute approximate surface area is 129 Å². The molecule has 2 amide bonds. The summed E-state index contributed by atoms with van der Waals surface area (Å²) in [4.78, 5) is 21.5. The number of benzene rings is 2. The fraction of sp³-hybridized carbons (Fsp3) is 0.176. The molecule has 0 fully saturated rings. The van der Waals surface area contributed by atoms with Gasteiger partial charge in [-0.15, -0.1) is 0 Å². The van der Waals surface area contributed by atoms with Gasteiger partial charge in [-0.2, -0.15) is 0 Å². The summed E-state index contributed by atoms with van der Waals surface area (Å²) in [6.45, 7) is 3.68. The number of ether oxygens (including phenoxy) is 1. The van der Waals surface area contributed by atoms with Gasteiger partial charge in [-0.05, 0) is 43.2 Å². The van der Waals surface area contributed by atoms with Gasteiger partial charge >= 0.3 is 6.09 Å². The molecule has 0 radical (unpaired) electrons. The highest BCUT2D eigenvalue weighted by Gasteiger charge is 2.07. The lowest BCUT2D eigenvalue weighted by atomic mass is 10.3. The first-order chi connectivity index (χ1) is 10.6. The van der Waals surface area contributed by atoms with Gasteiger partial charge in [-0.25, -0.2) is 4.79 Å². The highest BCUT2D eigenvalue weighted by Crippen LogP contribution is 2.32. The molecule has 1 aromatic rings. The standard InChI is InChI=1S/C11H14N2O3.C6H4/c1-8(2)13-11(15)16-10-5-3-4-9(6-10)12-7-14;1-2-5-4-6(5)3-1/h3-8H,1-2H3,(H,12,14)(H,13,15);1-4H. The van der Waals surface area contributed by atoms with Crippen molar-refractivity contribution in [3.63, 3.8) is 0 Å². The van der Waals surface area contributed by atoms with E-state index in [2.05, 4.69) is 34.9 Å². The number of carbonyl (C=O) groups is 2. The van der Waals surface area contributed by atoms with Gasteiger partial charge in [0.15, 0.2) is 0 Å². The minimum Gasteiger partial charge on any atom is -0.410 e. The van der Waals surface area contributed by atoms with Crippen molar-refractivity contribution < 1.29 is 14.3 Å². The molecule has 0 saturated heterocycles. The quantitative estimate of drug-likeness (QED) is 0.725. The molecule has 22 heavy (non-hydrogen) atoms. The zero-order valence-corrected chi connectivity index (χ0v) is 12.5. The Hall–Kier alpha value is -2.82. The highest BCUT2D eigenvalue weighted by molar-refractivity contribution is 5.80. The topological polar surface area (TPSA) is 67.4 Å². The smallest absolute Gasteiger partial charge is 0.410 e. The molecule has 5 heteroatoms. The van der Waals surface area contributed by atoms with Crippen LogP contribution in [0.4, 0.5) is 10.5 Å². The van der Waals surface area contributed by atoms with Crippen molar-refractivity contribution in [2.45, 2.75) is 19.9 Å². The number of fused-ring (bicyclic) bond motifs is 1. The van der Waals surface area contributed by atoms with Crippen LogP contribution in [-0.2, 0) is 4.79 Å². The second-order valence-corrected chi connectivity index (χ2v) is 5.06. The van der Waals surface area contributed by atoms with E-state index in [0.717, 1.165) is 0 Å². The molecule has 0 aromatic heterocycles. The predicted molar refractivity (Wildman–Crippen MR) is 85.9 cm³/mol. The van der Waals surface area contributed by atoms with Crippen LogP contribution in [0.15, 0.2) is 48.5 Å². The molecule has 0 atom stereocenters. The van der Waals surface area contributed by atoms with Gasteiger partial charge in [-0.1, -0.05) is 24.3 Å². The number of hydrogen-bond donors (Lipinski definition) is 2. The third-order valence-electron chi connectivity index (χ3n) is 2.79. The maximum atomic E-state index is 11.3. The number of carbonyl (C=O) groups excluding carboxylic acids is 2. The van der Waals surface area contributed by atoms with Crippen LogP contribution in [-0.4, -0.2) is 18.5 Å². The van der Waals surface area contributed by atoms with Crippen molar-refractivity contribution in [3.8, 4) is 16.9 Å². The van der Waals surface area contributed by atoms with Crippen LogP contribution in [0.2, 0.25) is 0 Å². The molecule has 5 nitrogen and oxygen atoms in total. The first-order valence-corrected chi connectivity index (χ1v) is 6.97. The van der Waals surface area contributed by atoms with Gasteiger partial charge in [0.1, 0.15) is 5.75 Å². The molecule has 2 N–H and O–H groups in total. The molecule has 0 spiro atoms. The molecule has 1 aromatic carbocycles. The molecule has 0 saturated carbocycles. The van der Waals surface area contributed by atoms with Gasteiger partial charge in [0.25, 0.3) is 0 Å². The van der Waals surface area contributed by atoms with E-state index in [1.165, 1.54) is 11.1 Å². The van der Waals surface area contributed by atoms with Gasteiger partial charge < -0.3 is 15.4 Å². The molecular weight excluding hydrogens is 280 g/mol. The summed E-state index contributed by atoms with van der Waals surface area (Å²) in [5.41, 5.74) is 3.43. The minimum absolute atomic E-state index is 0.0174. The van der Waals surface area contributed by atoms with Gasteiger partial charge in [0, 0.05) is 17.8 Å². The zero-order chi connectivity index (χ0) is 15.9. The average Bonchev–Trinajstić information content (AvgIpc) is 3.05. The first kappa shape index (κ1) is 15.6. The van der Waals surface area contributed by atoms with E-state index in [0.29, 0.717) is 17.8 Å². The maximum absolute atomic E-state index is 11.3. The summed E-state index contributed by atoms with van der Waals surface area (Å²) in [6.07, 6.45) is 0.0473. The van der Waals surface area contributed by atoms with Crippen molar-refractivity contribution in [2.75, 3.05) is 5.32 Å². The molecule has 0 aliphatic heterocycles. The lowest BCUT2D eigenvalue weighted by molar-refractivity contribution is -0.105. The molecule has 0 bridgehead atoms. The number of rotatable bonds is 4. The molecule has 2 aliphatic rings. The third-order valence-corrected chi connectivity index (χ3v) is 2.79. The predicted octanol–water partition coefficient (Wildman–Crippen LogP) is 3.42. The highest BCUT2D eigenvalue weighted by atomic mass is 16.6. The van der Waals surface area contributed by atoms with Crippen molar-refractivity contribution in [3.05, 3.63) is 48.5 Å². The Morgan fingerprint density at radius 2 is 1.77 bits per heavy atom. The van der Waals surface area contributed by atoms with Crippen molar-refractivity contribution in [1.82, 2.24) is 5.32 Å². The summed E-state index contributed by atoms with van der Waals surface area (Å²) in [5.74, 6) is 0.380. The Balaban J connectivity index is 0.000000238. The summed E-state index contributed by atoms with van der Waals surface area (Å²) < 4.78 is 5.01. The molecule has 0 unspecified atom stereocenters. The van der Waals surface area contributed by atoms with E-state index in [1.807, 2.05) is 13.8 Å². The zero-order valence-electron chi connectivity index (χ0n) is 12.5. The Bertz CT molecular complexity index is 651. The second-order valence-electron chi connectivity index (χ2n) is 5.06. The molecule has 114 valence electrons. The summed E-state index contributed by atoms with van der Waals surface area (Å²) >= 11 is 0. The second kappa shape index (κ2) is 7.26. The normalized spacial score (nSPS) is 10.1. The Morgan fingerprint density at radius 3 is 2.27 bits per heavy atom. The number of nitrogens with one attached hydrogen (secondary N) is 2. The van der Waals surface area contributed by atoms with Crippen molar-refractivity contribution in [2.24, 2.45) is 0 Å². The summed E-state index contributed by atoms with van der Waals surface area (Å²) in [7, 11) is 0. The van der Waals surface area contributed by atoms with Crippen LogP contribution in [0.25, 0.3) is 11.1 Å². The summed E-state index contributed by atoms with van der Waals surface area (Å²) in [5, 5.41) is 5.06. The largest absolute Gasteiger partial charge is 0.412 e. The average molecular weight is 298 g/mol. The van der Waals surface area contributed by atoms with Crippen molar-refractivity contribution in [1.29, 1.82) is 0 Å². The Morgan fingerprint density at radius 1 is 1.09 bits per heavy atom. The molecule has 0 heterocycles. The fourth-order valence-electron chi connectivity index (χ4n) is 1.77. The van der Waals surface area contributed by atoms with Crippen LogP contribution in [0.5, 0.6) is 5.75 Å². The van der Waals surface area contributed by atoms with Gasteiger partial charge in [-0.3, -0.25) is 4.79 Å². The molecule has 3 rings (SSSR count). The fourth-order valence-corrected chi connectivity index (χ4v) is 1.77.